The summed E-state index contributed by atoms with van der Waals surface area (Å²) in [5.41, 5.74) is 6.09. The summed E-state index contributed by atoms with van der Waals surface area (Å²) in [6.07, 6.45) is 4.72. The van der Waals surface area contributed by atoms with Gasteiger partial charge in [0.15, 0.2) is 0 Å². The SMILES string of the molecule is CSC(=N)c1cncnc1N. The molecule has 0 aromatic carbocycles. The molecule has 0 fully saturated rings. The topological polar surface area (TPSA) is 75.7 Å². The van der Waals surface area contributed by atoms with E-state index in [1.807, 2.05) is 6.26 Å². The van der Waals surface area contributed by atoms with E-state index in [1.54, 1.807) is 6.20 Å². The zero-order valence-electron chi connectivity index (χ0n) is 6.03. The van der Waals surface area contributed by atoms with E-state index in [-0.39, 0.29) is 0 Å². The van der Waals surface area contributed by atoms with Gasteiger partial charge in [-0.1, -0.05) is 0 Å². The van der Waals surface area contributed by atoms with Gasteiger partial charge in [0, 0.05) is 6.20 Å². The first-order valence-electron chi connectivity index (χ1n) is 2.94. The standard InChI is InChI=1S/C6H8N4S/c1-11-6(8)4-2-9-3-10-5(4)7/h2-3,8H,1H3,(H2,7,9,10). The Morgan fingerprint density at radius 2 is 2.45 bits per heavy atom. The van der Waals surface area contributed by atoms with Gasteiger partial charge in [0.25, 0.3) is 0 Å². The van der Waals surface area contributed by atoms with Gasteiger partial charge in [-0.3, -0.25) is 5.41 Å². The van der Waals surface area contributed by atoms with Crippen molar-refractivity contribution in [2.75, 3.05) is 12.0 Å². The molecule has 0 saturated carbocycles. The summed E-state index contributed by atoms with van der Waals surface area (Å²) in [5.74, 6) is 0.361. The minimum atomic E-state index is 0.361. The number of nitrogens with two attached hydrogens (primary N) is 1. The van der Waals surface area contributed by atoms with Crippen molar-refractivity contribution in [1.82, 2.24) is 9.97 Å². The highest BCUT2D eigenvalue weighted by Crippen LogP contribution is 2.12. The van der Waals surface area contributed by atoms with Crippen LogP contribution in [0.15, 0.2) is 12.5 Å². The van der Waals surface area contributed by atoms with Crippen LogP contribution in [0.1, 0.15) is 5.56 Å². The van der Waals surface area contributed by atoms with Crippen molar-refractivity contribution in [2.24, 2.45) is 0 Å². The zero-order valence-corrected chi connectivity index (χ0v) is 6.85. The first-order valence-corrected chi connectivity index (χ1v) is 4.16. The van der Waals surface area contributed by atoms with Crippen molar-refractivity contribution in [3.8, 4) is 0 Å². The lowest BCUT2D eigenvalue weighted by atomic mass is 10.3. The lowest BCUT2D eigenvalue weighted by Gasteiger charge is -2.00. The molecule has 0 aliphatic rings. The summed E-state index contributed by atoms with van der Waals surface area (Å²) >= 11 is 1.32. The van der Waals surface area contributed by atoms with Crippen LogP contribution in [-0.4, -0.2) is 21.3 Å². The fraction of sp³-hybridized carbons (Fsp3) is 0.167. The Hall–Kier alpha value is -1.10. The molecular weight excluding hydrogens is 160 g/mol. The fourth-order valence-corrected chi connectivity index (χ4v) is 1.00. The summed E-state index contributed by atoms with van der Waals surface area (Å²) in [7, 11) is 0. The number of nitrogens with one attached hydrogen (secondary N) is 1. The molecule has 0 bridgehead atoms. The van der Waals surface area contributed by atoms with Gasteiger partial charge in [-0.15, -0.1) is 11.8 Å². The molecule has 0 radical (unpaired) electrons. The molecule has 58 valence electrons. The maximum absolute atomic E-state index is 7.42. The van der Waals surface area contributed by atoms with Crippen LogP contribution in [0, 0.1) is 5.41 Å². The lowest BCUT2D eigenvalue weighted by molar-refractivity contribution is 1.17. The number of nitrogens with zero attached hydrogens (tertiary/aromatic N) is 2. The molecule has 4 nitrogen and oxygen atoms in total. The predicted octanol–water partition coefficient (Wildman–Crippen LogP) is 0.747. The van der Waals surface area contributed by atoms with Gasteiger partial charge in [0.1, 0.15) is 12.1 Å². The van der Waals surface area contributed by atoms with Crippen LogP contribution in [0.2, 0.25) is 0 Å². The molecule has 1 aromatic rings. The molecular formula is C6H8N4S. The smallest absolute Gasteiger partial charge is 0.136 e. The van der Waals surface area contributed by atoms with Gasteiger partial charge in [-0.25, -0.2) is 9.97 Å². The van der Waals surface area contributed by atoms with Crippen LogP contribution in [0.5, 0.6) is 0 Å². The minimum Gasteiger partial charge on any atom is -0.383 e. The number of hydrogen-bond donors (Lipinski definition) is 2. The van der Waals surface area contributed by atoms with Crippen molar-refractivity contribution in [2.45, 2.75) is 0 Å². The molecule has 1 rings (SSSR count). The largest absolute Gasteiger partial charge is 0.383 e. The summed E-state index contributed by atoms with van der Waals surface area (Å²) < 4.78 is 0. The summed E-state index contributed by atoms with van der Waals surface area (Å²) in [6.45, 7) is 0. The zero-order chi connectivity index (χ0) is 8.27. The van der Waals surface area contributed by atoms with Crippen molar-refractivity contribution in [3.63, 3.8) is 0 Å². The molecule has 0 unspecified atom stereocenters. The molecule has 11 heavy (non-hydrogen) atoms. The third-order valence-electron chi connectivity index (χ3n) is 1.19. The van der Waals surface area contributed by atoms with Gasteiger partial charge in [0.05, 0.1) is 10.6 Å². The monoisotopic (exact) mass is 168 g/mol. The van der Waals surface area contributed by atoms with Gasteiger partial charge in [0.2, 0.25) is 0 Å². The van der Waals surface area contributed by atoms with E-state index in [0.717, 1.165) is 0 Å². The normalized spacial score (nSPS) is 9.55. The number of anilines is 1. The first-order chi connectivity index (χ1) is 5.25. The van der Waals surface area contributed by atoms with Crippen molar-refractivity contribution >= 4 is 22.6 Å². The van der Waals surface area contributed by atoms with Crippen LogP contribution >= 0.6 is 11.8 Å². The van der Waals surface area contributed by atoms with Crippen LogP contribution in [0.3, 0.4) is 0 Å². The second-order valence-electron chi connectivity index (χ2n) is 1.85. The highest BCUT2D eigenvalue weighted by atomic mass is 32.2. The number of nitrogen functional groups attached to an aromatic ring is 1. The van der Waals surface area contributed by atoms with E-state index < -0.39 is 0 Å². The molecule has 1 aromatic heterocycles. The van der Waals surface area contributed by atoms with Crippen LogP contribution in [0.4, 0.5) is 5.82 Å². The highest BCUT2D eigenvalue weighted by Gasteiger charge is 2.03. The van der Waals surface area contributed by atoms with Crippen molar-refractivity contribution in [3.05, 3.63) is 18.1 Å². The van der Waals surface area contributed by atoms with Gasteiger partial charge >= 0.3 is 0 Å². The Kier molecular flexibility index (Phi) is 2.43. The highest BCUT2D eigenvalue weighted by molar-refractivity contribution is 8.13. The minimum absolute atomic E-state index is 0.361. The molecule has 5 heteroatoms. The van der Waals surface area contributed by atoms with Crippen molar-refractivity contribution in [1.29, 1.82) is 5.41 Å². The average Bonchev–Trinajstić information content (AvgIpc) is 2.04. The fourth-order valence-electron chi connectivity index (χ4n) is 0.624. The maximum atomic E-state index is 7.42. The summed E-state index contributed by atoms with van der Waals surface area (Å²) in [4.78, 5) is 7.53. The molecule has 0 atom stereocenters. The molecule has 3 N–H and O–H groups in total. The van der Waals surface area contributed by atoms with Gasteiger partial charge < -0.3 is 5.73 Å². The molecule has 1 heterocycles. The Morgan fingerprint density at radius 1 is 1.73 bits per heavy atom. The van der Waals surface area contributed by atoms with Crippen LogP contribution in [-0.2, 0) is 0 Å². The van der Waals surface area contributed by atoms with Crippen LogP contribution < -0.4 is 5.73 Å². The molecule has 0 aliphatic carbocycles. The summed E-state index contributed by atoms with van der Waals surface area (Å²) in [6, 6.07) is 0. The van der Waals surface area contributed by atoms with E-state index in [4.69, 9.17) is 11.1 Å². The Morgan fingerprint density at radius 3 is 3.00 bits per heavy atom. The van der Waals surface area contributed by atoms with E-state index in [1.165, 1.54) is 18.1 Å². The number of hydrogen-bond acceptors (Lipinski definition) is 5. The lowest BCUT2D eigenvalue weighted by Crippen LogP contribution is -2.02. The first kappa shape index (κ1) is 8.00. The number of thioether (sulfide) groups is 1. The number of aromatic nitrogens is 2. The molecule has 0 spiro atoms. The van der Waals surface area contributed by atoms with Gasteiger partial charge in [-0.05, 0) is 6.26 Å². The Bertz CT molecular complexity index is 273. The van der Waals surface area contributed by atoms with E-state index in [2.05, 4.69) is 9.97 Å². The van der Waals surface area contributed by atoms with Gasteiger partial charge in [-0.2, -0.15) is 0 Å². The van der Waals surface area contributed by atoms with E-state index >= 15 is 0 Å². The predicted molar refractivity (Wildman–Crippen MR) is 46.8 cm³/mol. The Labute approximate surface area is 68.7 Å². The van der Waals surface area contributed by atoms with Crippen LogP contribution in [0.25, 0.3) is 0 Å². The third-order valence-corrected chi connectivity index (χ3v) is 1.82. The average molecular weight is 168 g/mol. The van der Waals surface area contributed by atoms with E-state index in [9.17, 15) is 0 Å². The summed E-state index contributed by atoms with van der Waals surface area (Å²) in [5, 5.41) is 7.81. The molecule has 0 amide bonds. The molecule has 0 aliphatic heterocycles. The second kappa shape index (κ2) is 3.34. The second-order valence-corrected chi connectivity index (χ2v) is 2.67. The van der Waals surface area contributed by atoms with Crippen molar-refractivity contribution < 1.29 is 0 Å². The van der Waals surface area contributed by atoms with E-state index in [0.29, 0.717) is 16.4 Å². The Balaban J connectivity index is 3.03. The number of rotatable bonds is 1. The third kappa shape index (κ3) is 1.68. The maximum Gasteiger partial charge on any atom is 0.136 e. The quantitative estimate of drug-likeness (QED) is 0.479. The molecule has 0 saturated heterocycles.